The number of rotatable bonds is 4. The highest BCUT2D eigenvalue weighted by molar-refractivity contribution is 7.89. The Morgan fingerprint density at radius 1 is 0.962 bits per heavy atom. The van der Waals surface area contributed by atoms with Gasteiger partial charge in [-0.05, 0) is 30.7 Å². The molecule has 136 valence electrons. The number of morpholine rings is 1. The van der Waals surface area contributed by atoms with Gasteiger partial charge in [-0.25, -0.2) is 12.7 Å². The van der Waals surface area contributed by atoms with Crippen LogP contribution in [0, 0.1) is 6.92 Å². The average Bonchev–Trinajstić information content (AvgIpc) is 2.63. The van der Waals surface area contributed by atoms with Crippen LogP contribution in [0.3, 0.4) is 0 Å². The summed E-state index contributed by atoms with van der Waals surface area (Å²) in [4.78, 5) is 2.41. The number of nitrogens with zero attached hydrogens (tertiary/aromatic N) is 2. The summed E-state index contributed by atoms with van der Waals surface area (Å²) in [6, 6.07) is 16.5. The van der Waals surface area contributed by atoms with Crippen molar-refractivity contribution >= 4 is 10.0 Å². The molecule has 5 nitrogen and oxygen atoms in total. The van der Waals surface area contributed by atoms with Gasteiger partial charge in [-0.2, -0.15) is 0 Å². The molecule has 0 aliphatic carbocycles. The lowest BCUT2D eigenvalue weighted by Crippen LogP contribution is -2.50. The van der Waals surface area contributed by atoms with E-state index in [4.69, 9.17) is 4.74 Å². The summed E-state index contributed by atoms with van der Waals surface area (Å²) in [5, 5.41) is 0. The van der Waals surface area contributed by atoms with Crippen molar-refractivity contribution in [2.75, 3.05) is 26.3 Å². The van der Waals surface area contributed by atoms with Crippen molar-refractivity contribution < 1.29 is 13.2 Å². The largest absolute Gasteiger partial charge is 0.378 e. The molecule has 0 radical (unpaired) electrons. The van der Waals surface area contributed by atoms with Crippen LogP contribution in [0.2, 0.25) is 0 Å². The maximum absolute atomic E-state index is 13.4. The van der Waals surface area contributed by atoms with Crippen molar-refractivity contribution in [1.29, 1.82) is 0 Å². The lowest BCUT2D eigenvalue weighted by Gasteiger charge is -2.46. The van der Waals surface area contributed by atoms with Gasteiger partial charge < -0.3 is 9.64 Å². The van der Waals surface area contributed by atoms with Crippen LogP contribution in [0.15, 0.2) is 71.4 Å². The van der Waals surface area contributed by atoms with E-state index in [-0.39, 0.29) is 6.04 Å². The second-order valence-electron chi connectivity index (χ2n) is 6.59. The zero-order valence-electron chi connectivity index (χ0n) is 14.7. The predicted molar refractivity (Wildman–Crippen MR) is 99.9 cm³/mol. The van der Waals surface area contributed by atoms with E-state index in [1.54, 1.807) is 16.4 Å². The first kappa shape index (κ1) is 17.1. The second-order valence-corrected chi connectivity index (χ2v) is 8.41. The molecule has 1 saturated heterocycles. The van der Waals surface area contributed by atoms with Gasteiger partial charge in [-0.1, -0.05) is 48.0 Å². The number of ether oxygens (including phenoxy) is 1. The fourth-order valence-electron chi connectivity index (χ4n) is 3.36. The third-order valence-corrected chi connectivity index (χ3v) is 6.64. The topological polar surface area (TPSA) is 49.9 Å². The van der Waals surface area contributed by atoms with Gasteiger partial charge in [0.05, 0.1) is 24.2 Å². The summed E-state index contributed by atoms with van der Waals surface area (Å²) in [5.74, 6) is 0.753. The first-order valence-corrected chi connectivity index (χ1v) is 10.2. The van der Waals surface area contributed by atoms with Crippen molar-refractivity contribution in [3.63, 3.8) is 0 Å². The summed E-state index contributed by atoms with van der Waals surface area (Å²) in [6.45, 7) is 4.59. The second kappa shape index (κ2) is 6.78. The Morgan fingerprint density at radius 2 is 1.62 bits per heavy atom. The third-order valence-electron chi connectivity index (χ3n) is 4.84. The highest BCUT2D eigenvalue weighted by atomic mass is 32.2. The molecule has 0 saturated carbocycles. The Kier molecular flexibility index (Phi) is 4.46. The van der Waals surface area contributed by atoms with Gasteiger partial charge in [0.1, 0.15) is 5.82 Å². The monoisotopic (exact) mass is 370 g/mol. The van der Waals surface area contributed by atoms with Gasteiger partial charge in [-0.15, -0.1) is 0 Å². The van der Waals surface area contributed by atoms with Crippen LogP contribution in [0.25, 0.3) is 0 Å². The molecule has 0 N–H and O–H groups in total. The van der Waals surface area contributed by atoms with Crippen LogP contribution in [0.5, 0.6) is 0 Å². The Morgan fingerprint density at radius 3 is 2.27 bits per heavy atom. The molecule has 26 heavy (non-hydrogen) atoms. The van der Waals surface area contributed by atoms with Crippen molar-refractivity contribution in [3.8, 4) is 0 Å². The van der Waals surface area contributed by atoms with E-state index in [0.717, 1.165) is 16.9 Å². The number of aryl methyl sites for hydroxylation is 1. The van der Waals surface area contributed by atoms with Crippen molar-refractivity contribution in [2.45, 2.75) is 17.9 Å². The Balaban J connectivity index is 1.73. The molecule has 2 aliphatic heterocycles. The lowest BCUT2D eigenvalue weighted by molar-refractivity contribution is 0.0371. The van der Waals surface area contributed by atoms with E-state index in [2.05, 4.69) is 4.90 Å². The minimum atomic E-state index is -3.63. The molecule has 4 rings (SSSR count). The molecular formula is C20H22N2O3S. The van der Waals surface area contributed by atoms with E-state index in [9.17, 15) is 8.42 Å². The Hall–Kier alpha value is -2.31. The van der Waals surface area contributed by atoms with Gasteiger partial charge in [0.15, 0.2) is 0 Å². The predicted octanol–water partition coefficient (Wildman–Crippen LogP) is 2.91. The van der Waals surface area contributed by atoms with Gasteiger partial charge in [-0.3, -0.25) is 0 Å². The molecule has 2 aromatic rings. The minimum absolute atomic E-state index is 0.277. The van der Waals surface area contributed by atoms with Crippen molar-refractivity contribution in [3.05, 3.63) is 77.6 Å². The fourth-order valence-corrected chi connectivity index (χ4v) is 4.97. The summed E-state index contributed by atoms with van der Waals surface area (Å²) in [7, 11) is -3.63. The maximum atomic E-state index is 13.4. The Labute approximate surface area is 154 Å². The summed E-state index contributed by atoms with van der Waals surface area (Å²) in [5.41, 5.74) is 2.01. The third kappa shape index (κ3) is 2.99. The van der Waals surface area contributed by atoms with Crippen LogP contribution in [0.1, 0.15) is 17.2 Å². The molecule has 1 fully saturated rings. The van der Waals surface area contributed by atoms with Gasteiger partial charge in [0.25, 0.3) is 10.0 Å². The molecule has 1 unspecified atom stereocenters. The molecule has 0 spiro atoms. The van der Waals surface area contributed by atoms with Crippen LogP contribution in [-0.4, -0.2) is 43.9 Å². The first-order valence-electron chi connectivity index (χ1n) is 8.78. The Bertz CT molecular complexity index is 902. The average molecular weight is 370 g/mol. The molecule has 0 aromatic heterocycles. The van der Waals surface area contributed by atoms with Crippen LogP contribution < -0.4 is 0 Å². The summed E-state index contributed by atoms with van der Waals surface area (Å²) < 4.78 is 33.7. The van der Waals surface area contributed by atoms with E-state index in [1.807, 2.05) is 55.5 Å². The molecule has 0 amide bonds. The van der Waals surface area contributed by atoms with Crippen molar-refractivity contribution in [1.82, 2.24) is 9.21 Å². The fraction of sp³-hybridized carbons (Fsp3) is 0.300. The standard InChI is InChI=1S/C20H22N2O3S/c1-16-7-9-18(10-8-16)26(23,24)22-19(17-5-3-2-4-6-17)15-20(22)21-11-13-25-14-12-21/h2-10,15,19H,11-14H2,1H3. The maximum Gasteiger partial charge on any atom is 0.266 e. The van der Waals surface area contributed by atoms with Crippen LogP contribution in [-0.2, 0) is 14.8 Å². The smallest absolute Gasteiger partial charge is 0.266 e. The molecule has 2 aliphatic rings. The molecule has 6 heteroatoms. The minimum Gasteiger partial charge on any atom is -0.378 e. The molecule has 2 heterocycles. The van der Waals surface area contributed by atoms with E-state index in [1.165, 1.54) is 0 Å². The quantitative estimate of drug-likeness (QED) is 0.830. The number of benzene rings is 2. The zero-order valence-corrected chi connectivity index (χ0v) is 15.5. The van der Waals surface area contributed by atoms with Gasteiger partial charge in [0.2, 0.25) is 0 Å². The highest BCUT2D eigenvalue weighted by Crippen LogP contribution is 2.42. The number of hydrogen-bond acceptors (Lipinski definition) is 4. The lowest BCUT2D eigenvalue weighted by atomic mass is 10.0. The normalized spacial score (nSPS) is 20.5. The summed E-state index contributed by atoms with van der Waals surface area (Å²) in [6.07, 6.45) is 2.03. The van der Waals surface area contributed by atoms with E-state index in [0.29, 0.717) is 31.2 Å². The van der Waals surface area contributed by atoms with Gasteiger partial charge in [0, 0.05) is 13.1 Å². The molecule has 0 bridgehead atoms. The van der Waals surface area contributed by atoms with Gasteiger partial charge >= 0.3 is 0 Å². The first-order chi connectivity index (χ1) is 12.6. The molecular weight excluding hydrogens is 348 g/mol. The number of hydrogen-bond donors (Lipinski definition) is 0. The SMILES string of the molecule is Cc1ccc(S(=O)(=O)N2C(N3CCOCC3)=CC2c2ccccc2)cc1. The molecule has 2 aromatic carbocycles. The number of sulfonamides is 1. The van der Waals surface area contributed by atoms with Crippen LogP contribution in [0.4, 0.5) is 0 Å². The zero-order chi connectivity index (χ0) is 18.1. The highest BCUT2D eigenvalue weighted by Gasteiger charge is 2.42. The van der Waals surface area contributed by atoms with E-state index >= 15 is 0 Å². The molecule has 1 atom stereocenters. The van der Waals surface area contributed by atoms with E-state index < -0.39 is 10.0 Å². The summed E-state index contributed by atoms with van der Waals surface area (Å²) >= 11 is 0. The van der Waals surface area contributed by atoms with Crippen LogP contribution >= 0.6 is 0 Å². The van der Waals surface area contributed by atoms with Crippen molar-refractivity contribution in [2.24, 2.45) is 0 Å².